The fourth-order valence-electron chi connectivity index (χ4n) is 2.55. The Morgan fingerprint density at radius 2 is 1.89 bits per heavy atom. The van der Waals surface area contributed by atoms with E-state index in [-0.39, 0.29) is 17.8 Å². The Morgan fingerprint density at radius 1 is 1.26 bits per heavy atom. The molecule has 1 atom stereocenters. The van der Waals surface area contributed by atoms with Crippen molar-refractivity contribution in [1.29, 1.82) is 0 Å². The first-order valence-electron chi connectivity index (χ1n) is 7.10. The molecule has 112 valence electrons. The molecule has 0 bridgehead atoms. The Bertz CT molecular complexity index is 375. The second kappa shape index (κ2) is 7.72. The van der Waals surface area contributed by atoms with Crippen LogP contribution in [0, 0.1) is 5.92 Å². The highest BCUT2D eigenvalue weighted by Crippen LogP contribution is 2.26. The van der Waals surface area contributed by atoms with Crippen molar-refractivity contribution in [2.45, 2.75) is 51.5 Å². The Labute approximate surface area is 116 Å². The molecule has 2 amide bonds. The molecule has 0 aromatic rings. The summed E-state index contributed by atoms with van der Waals surface area (Å²) in [5.41, 5.74) is 0. The van der Waals surface area contributed by atoms with Crippen LogP contribution < -0.4 is 10.6 Å². The van der Waals surface area contributed by atoms with Gasteiger partial charge in [0.15, 0.2) is 0 Å². The number of rotatable bonds is 6. The molecule has 5 nitrogen and oxygen atoms in total. The number of nitrogens with one attached hydrogen (secondary N) is 2. The van der Waals surface area contributed by atoms with Gasteiger partial charge in [-0.1, -0.05) is 19.3 Å². The molecule has 0 spiro atoms. The molecule has 1 aliphatic carbocycles. The number of hydrogen-bond donors (Lipinski definition) is 2. The average Bonchev–Trinajstić information content (AvgIpc) is 2.34. The van der Waals surface area contributed by atoms with Gasteiger partial charge in [0.25, 0.3) is 0 Å². The van der Waals surface area contributed by atoms with Crippen molar-refractivity contribution in [2.24, 2.45) is 5.92 Å². The van der Waals surface area contributed by atoms with E-state index in [1.807, 2.05) is 6.92 Å². The highest BCUT2D eigenvalue weighted by Gasteiger charge is 2.21. The SMILES string of the molecule is CC(NC(=O)NCCCS(C)(=O)=O)C1CCCCC1. The van der Waals surface area contributed by atoms with Crippen LogP contribution in [0.3, 0.4) is 0 Å². The van der Waals surface area contributed by atoms with Gasteiger partial charge in [-0.15, -0.1) is 0 Å². The second-order valence-electron chi connectivity index (χ2n) is 5.57. The molecule has 0 aromatic heterocycles. The molecule has 1 rings (SSSR count). The van der Waals surface area contributed by atoms with Gasteiger partial charge in [0, 0.05) is 18.8 Å². The van der Waals surface area contributed by atoms with Crippen LogP contribution in [0.25, 0.3) is 0 Å². The van der Waals surface area contributed by atoms with Gasteiger partial charge >= 0.3 is 6.03 Å². The van der Waals surface area contributed by atoms with Gasteiger partial charge in [0.05, 0.1) is 5.75 Å². The smallest absolute Gasteiger partial charge is 0.315 e. The number of carbonyl (C=O) groups is 1. The Balaban J connectivity index is 2.16. The van der Waals surface area contributed by atoms with E-state index in [0.717, 1.165) is 0 Å². The first-order chi connectivity index (χ1) is 8.88. The fraction of sp³-hybridized carbons (Fsp3) is 0.923. The van der Waals surface area contributed by atoms with Gasteiger partial charge in [0.2, 0.25) is 0 Å². The number of amides is 2. The largest absolute Gasteiger partial charge is 0.338 e. The minimum absolute atomic E-state index is 0.117. The zero-order valence-corrected chi connectivity index (χ0v) is 12.8. The summed E-state index contributed by atoms with van der Waals surface area (Å²) in [5, 5.41) is 5.66. The van der Waals surface area contributed by atoms with Gasteiger partial charge in [-0.3, -0.25) is 0 Å². The summed E-state index contributed by atoms with van der Waals surface area (Å²) in [6, 6.07) is 0.00165. The molecule has 0 heterocycles. The van der Waals surface area contributed by atoms with Crippen LogP contribution in [0.1, 0.15) is 45.4 Å². The molecule has 0 aromatic carbocycles. The Hall–Kier alpha value is -0.780. The maximum atomic E-state index is 11.6. The van der Waals surface area contributed by atoms with Crippen LogP contribution in [0.2, 0.25) is 0 Å². The summed E-state index contributed by atoms with van der Waals surface area (Å²) in [6.45, 7) is 2.45. The monoisotopic (exact) mass is 290 g/mol. The van der Waals surface area contributed by atoms with Gasteiger partial charge < -0.3 is 10.6 Å². The summed E-state index contributed by atoms with van der Waals surface area (Å²) in [7, 11) is -2.93. The molecule has 19 heavy (non-hydrogen) atoms. The molecule has 0 radical (unpaired) electrons. The first kappa shape index (κ1) is 16.3. The summed E-state index contributed by atoms with van der Waals surface area (Å²) < 4.78 is 21.9. The minimum Gasteiger partial charge on any atom is -0.338 e. The standard InChI is InChI=1S/C13H26N2O3S/c1-11(12-7-4-3-5-8-12)15-13(16)14-9-6-10-19(2,17)18/h11-12H,3-10H2,1-2H3,(H2,14,15,16). The van der Waals surface area contributed by atoms with Crippen molar-refractivity contribution < 1.29 is 13.2 Å². The quantitative estimate of drug-likeness (QED) is 0.731. The lowest BCUT2D eigenvalue weighted by Gasteiger charge is -2.28. The van der Waals surface area contributed by atoms with E-state index >= 15 is 0 Å². The zero-order valence-electron chi connectivity index (χ0n) is 11.9. The van der Waals surface area contributed by atoms with Gasteiger partial charge in [-0.2, -0.15) is 0 Å². The molecule has 1 saturated carbocycles. The molecular weight excluding hydrogens is 264 g/mol. The third kappa shape index (κ3) is 7.40. The van der Waals surface area contributed by atoms with Gasteiger partial charge in [-0.05, 0) is 32.1 Å². The van der Waals surface area contributed by atoms with E-state index in [1.165, 1.54) is 38.4 Å². The van der Waals surface area contributed by atoms with Crippen LogP contribution in [-0.2, 0) is 9.84 Å². The van der Waals surface area contributed by atoms with Crippen LogP contribution in [0.5, 0.6) is 0 Å². The molecule has 6 heteroatoms. The zero-order chi connectivity index (χ0) is 14.3. The maximum absolute atomic E-state index is 11.6. The number of carbonyl (C=O) groups excluding carboxylic acids is 1. The Morgan fingerprint density at radius 3 is 2.47 bits per heavy atom. The molecule has 1 unspecified atom stereocenters. The van der Waals surface area contributed by atoms with E-state index in [2.05, 4.69) is 10.6 Å². The number of urea groups is 1. The summed E-state index contributed by atoms with van der Waals surface area (Å²) >= 11 is 0. The van der Waals surface area contributed by atoms with Crippen molar-refractivity contribution >= 4 is 15.9 Å². The predicted molar refractivity (Wildman–Crippen MR) is 76.9 cm³/mol. The molecule has 1 fully saturated rings. The van der Waals surface area contributed by atoms with Crippen LogP contribution in [0.4, 0.5) is 4.79 Å². The van der Waals surface area contributed by atoms with Crippen molar-refractivity contribution in [1.82, 2.24) is 10.6 Å². The van der Waals surface area contributed by atoms with Crippen molar-refractivity contribution in [3.05, 3.63) is 0 Å². The second-order valence-corrected chi connectivity index (χ2v) is 7.83. The summed E-state index contributed by atoms with van der Waals surface area (Å²) in [5.74, 6) is 0.696. The topological polar surface area (TPSA) is 75.3 Å². The summed E-state index contributed by atoms with van der Waals surface area (Å²) in [6.07, 6.45) is 7.87. The van der Waals surface area contributed by atoms with E-state index in [0.29, 0.717) is 18.9 Å². The third-order valence-corrected chi connectivity index (χ3v) is 4.72. The van der Waals surface area contributed by atoms with Crippen molar-refractivity contribution in [2.75, 3.05) is 18.6 Å². The molecule has 0 aliphatic heterocycles. The van der Waals surface area contributed by atoms with Crippen LogP contribution >= 0.6 is 0 Å². The average molecular weight is 290 g/mol. The molecular formula is C13H26N2O3S. The highest BCUT2D eigenvalue weighted by molar-refractivity contribution is 7.90. The minimum atomic E-state index is -2.93. The predicted octanol–water partition coefficient (Wildman–Crippen LogP) is 1.69. The van der Waals surface area contributed by atoms with Crippen molar-refractivity contribution in [3.8, 4) is 0 Å². The van der Waals surface area contributed by atoms with E-state index in [4.69, 9.17) is 0 Å². The van der Waals surface area contributed by atoms with Crippen molar-refractivity contribution in [3.63, 3.8) is 0 Å². The lowest BCUT2D eigenvalue weighted by atomic mass is 9.85. The molecule has 1 aliphatic rings. The van der Waals surface area contributed by atoms with Crippen LogP contribution in [0.15, 0.2) is 0 Å². The lowest BCUT2D eigenvalue weighted by Crippen LogP contribution is -2.44. The molecule has 0 saturated heterocycles. The number of sulfone groups is 1. The van der Waals surface area contributed by atoms with E-state index in [1.54, 1.807) is 0 Å². The lowest BCUT2D eigenvalue weighted by molar-refractivity contribution is 0.225. The number of hydrogen-bond acceptors (Lipinski definition) is 3. The molecule has 2 N–H and O–H groups in total. The highest BCUT2D eigenvalue weighted by atomic mass is 32.2. The van der Waals surface area contributed by atoms with Crippen LogP contribution in [-0.4, -0.2) is 39.0 Å². The van der Waals surface area contributed by atoms with Gasteiger partial charge in [0.1, 0.15) is 9.84 Å². The van der Waals surface area contributed by atoms with E-state index < -0.39 is 9.84 Å². The third-order valence-electron chi connectivity index (χ3n) is 3.69. The summed E-state index contributed by atoms with van der Waals surface area (Å²) in [4.78, 5) is 11.6. The Kier molecular flexibility index (Phi) is 6.62. The normalized spacial score (nSPS) is 18.8. The first-order valence-corrected chi connectivity index (χ1v) is 9.16. The fourth-order valence-corrected chi connectivity index (χ4v) is 3.21. The van der Waals surface area contributed by atoms with E-state index in [9.17, 15) is 13.2 Å². The van der Waals surface area contributed by atoms with Gasteiger partial charge in [-0.25, -0.2) is 13.2 Å². The maximum Gasteiger partial charge on any atom is 0.315 e.